The van der Waals surface area contributed by atoms with Crippen molar-refractivity contribution in [2.24, 2.45) is 0 Å². The Labute approximate surface area is 172 Å². The molecule has 0 radical (unpaired) electrons. The summed E-state index contributed by atoms with van der Waals surface area (Å²) in [5.41, 5.74) is 1.22. The topological polar surface area (TPSA) is 32.8 Å². The molecule has 4 nitrogen and oxygen atoms in total. The van der Waals surface area contributed by atoms with Gasteiger partial charge in [-0.3, -0.25) is 9.69 Å². The first kappa shape index (κ1) is 20.5. The van der Waals surface area contributed by atoms with E-state index in [0.717, 1.165) is 43.4 Å². The summed E-state index contributed by atoms with van der Waals surface area (Å²) in [7, 11) is 1.66. The van der Waals surface area contributed by atoms with E-state index in [1.54, 1.807) is 18.9 Å². The Morgan fingerprint density at radius 1 is 1.07 bits per heavy atom. The van der Waals surface area contributed by atoms with Gasteiger partial charge >= 0.3 is 0 Å². The first-order chi connectivity index (χ1) is 13.7. The maximum Gasteiger partial charge on any atom is 0.235 e. The standard InChI is InChI=1S/C23H28N2O2S/c1-19(28-22-12-10-21(27-2)11-13-22)23(26)25-17-15-24(16-18-25)14-6-9-20-7-4-3-5-8-20/h3-13,19H,14-18H2,1-2H3/b9-6+/t19-/m0/s1. The van der Waals surface area contributed by atoms with Gasteiger partial charge in [-0.2, -0.15) is 0 Å². The van der Waals surface area contributed by atoms with Crippen LogP contribution < -0.4 is 4.74 Å². The van der Waals surface area contributed by atoms with Gasteiger partial charge in [-0.05, 0) is 36.8 Å². The van der Waals surface area contributed by atoms with Gasteiger partial charge in [0.15, 0.2) is 0 Å². The van der Waals surface area contributed by atoms with E-state index in [1.807, 2.05) is 42.2 Å². The summed E-state index contributed by atoms with van der Waals surface area (Å²) in [5.74, 6) is 1.06. The minimum Gasteiger partial charge on any atom is -0.497 e. The van der Waals surface area contributed by atoms with Crippen molar-refractivity contribution in [1.29, 1.82) is 0 Å². The number of methoxy groups -OCH3 is 1. The summed E-state index contributed by atoms with van der Waals surface area (Å²) in [6, 6.07) is 18.2. The quantitative estimate of drug-likeness (QED) is 0.662. The van der Waals surface area contributed by atoms with Gasteiger partial charge < -0.3 is 9.64 Å². The predicted molar refractivity (Wildman–Crippen MR) is 117 cm³/mol. The Balaban J connectivity index is 1.43. The molecule has 1 fully saturated rings. The molecule has 0 aliphatic carbocycles. The largest absolute Gasteiger partial charge is 0.497 e. The van der Waals surface area contributed by atoms with Crippen LogP contribution in [0.4, 0.5) is 0 Å². The van der Waals surface area contributed by atoms with Crippen molar-refractivity contribution in [3.05, 3.63) is 66.2 Å². The molecule has 5 heteroatoms. The monoisotopic (exact) mass is 396 g/mol. The van der Waals surface area contributed by atoms with Gasteiger partial charge in [-0.1, -0.05) is 42.5 Å². The van der Waals surface area contributed by atoms with Crippen molar-refractivity contribution >= 4 is 23.7 Å². The smallest absolute Gasteiger partial charge is 0.235 e. The van der Waals surface area contributed by atoms with Crippen molar-refractivity contribution < 1.29 is 9.53 Å². The summed E-state index contributed by atoms with van der Waals surface area (Å²) in [6.45, 7) is 6.35. The van der Waals surface area contributed by atoms with Crippen LogP contribution in [0.2, 0.25) is 0 Å². The molecule has 2 aromatic carbocycles. The highest BCUT2D eigenvalue weighted by atomic mass is 32.2. The normalized spacial score (nSPS) is 16.3. The minimum absolute atomic E-state index is 0.0853. The number of nitrogens with zero attached hydrogens (tertiary/aromatic N) is 2. The van der Waals surface area contributed by atoms with E-state index in [2.05, 4.69) is 41.3 Å². The third kappa shape index (κ3) is 5.88. The number of carbonyl (C=O) groups excluding carboxylic acids is 1. The molecule has 1 amide bonds. The number of hydrogen-bond acceptors (Lipinski definition) is 4. The summed E-state index contributed by atoms with van der Waals surface area (Å²) in [4.78, 5) is 18.3. The van der Waals surface area contributed by atoms with Gasteiger partial charge in [0.25, 0.3) is 0 Å². The van der Waals surface area contributed by atoms with Gasteiger partial charge in [0.2, 0.25) is 5.91 Å². The highest BCUT2D eigenvalue weighted by Crippen LogP contribution is 2.26. The second-order valence-electron chi connectivity index (χ2n) is 6.87. The molecular weight excluding hydrogens is 368 g/mol. The molecule has 28 heavy (non-hydrogen) atoms. The first-order valence-electron chi connectivity index (χ1n) is 9.69. The number of thioether (sulfide) groups is 1. The molecule has 1 aliphatic heterocycles. The van der Waals surface area contributed by atoms with E-state index < -0.39 is 0 Å². The van der Waals surface area contributed by atoms with Crippen molar-refractivity contribution in [2.45, 2.75) is 17.1 Å². The van der Waals surface area contributed by atoms with E-state index in [0.29, 0.717) is 0 Å². The Kier molecular flexibility index (Phi) is 7.57. The number of rotatable bonds is 7. The van der Waals surface area contributed by atoms with Crippen LogP contribution in [0, 0.1) is 0 Å². The summed E-state index contributed by atoms with van der Waals surface area (Å²) in [5, 5.41) is -0.0853. The molecule has 0 bridgehead atoms. The first-order valence-corrected chi connectivity index (χ1v) is 10.6. The number of piperazine rings is 1. The molecule has 0 N–H and O–H groups in total. The molecule has 2 aromatic rings. The second kappa shape index (κ2) is 10.3. The van der Waals surface area contributed by atoms with Crippen LogP contribution in [0.1, 0.15) is 12.5 Å². The number of amides is 1. The Hall–Kier alpha value is -2.24. The average Bonchev–Trinajstić information content (AvgIpc) is 2.75. The van der Waals surface area contributed by atoms with E-state index >= 15 is 0 Å². The van der Waals surface area contributed by atoms with Crippen molar-refractivity contribution in [3.8, 4) is 5.75 Å². The third-order valence-electron chi connectivity index (χ3n) is 4.88. The lowest BCUT2D eigenvalue weighted by Crippen LogP contribution is -2.50. The average molecular weight is 397 g/mol. The fourth-order valence-electron chi connectivity index (χ4n) is 3.22. The SMILES string of the molecule is COc1ccc(S[C@@H](C)C(=O)N2CCN(C/C=C/c3ccccc3)CC2)cc1. The van der Waals surface area contributed by atoms with Gasteiger partial charge in [-0.25, -0.2) is 0 Å². The molecule has 1 heterocycles. The van der Waals surface area contributed by atoms with E-state index in [1.165, 1.54) is 5.56 Å². The lowest BCUT2D eigenvalue weighted by Gasteiger charge is -2.35. The zero-order chi connectivity index (χ0) is 19.8. The molecule has 0 unspecified atom stereocenters. The van der Waals surface area contributed by atoms with Crippen molar-refractivity contribution in [1.82, 2.24) is 9.80 Å². The molecule has 0 saturated carbocycles. The minimum atomic E-state index is -0.0853. The molecule has 0 spiro atoms. The third-order valence-corrected chi connectivity index (χ3v) is 5.98. The van der Waals surface area contributed by atoms with Crippen LogP contribution >= 0.6 is 11.8 Å². The fraction of sp³-hybridized carbons (Fsp3) is 0.348. The number of carbonyl (C=O) groups is 1. The molecular formula is C23H28N2O2S. The van der Waals surface area contributed by atoms with Gasteiger partial charge in [0.05, 0.1) is 12.4 Å². The summed E-state index contributed by atoms with van der Waals surface area (Å²) in [6.07, 6.45) is 4.36. The van der Waals surface area contributed by atoms with Crippen LogP contribution in [0.3, 0.4) is 0 Å². The fourth-order valence-corrected chi connectivity index (χ4v) is 4.17. The molecule has 1 atom stereocenters. The highest BCUT2D eigenvalue weighted by Gasteiger charge is 2.25. The number of ether oxygens (including phenoxy) is 1. The van der Waals surface area contributed by atoms with Gasteiger partial charge in [0, 0.05) is 37.6 Å². The lowest BCUT2D eigenvalue weighted by molar-refractivity contribution is -0.131. The Morgan fingerprint density at radius 3 is 2.39 bits per heavy atom. The van der Waals surface area contributed by atoms with Crippen LogP contribution in [0.5, 0.6) is 5.75 Å². The molecule has 148 valence electrons. The lowest BCUT2D eigenvalue weighted by atomic mass is 10.2. The second-order valence-corrected chi connectivity index (χ2v) is 8.29. The zero-order valence-corrected chi connectivity index (χ0v) is 17.4. The van der Waals surface area contributed by atoms with E-state index in [-0.39, 0.29) is 11.2 Å². The van der Waals surface area contributed by atoms with Crippen molar-refractivity contribution in [2.75, 3.05) is 39.8 Å². The van der Waals surface area contributed by atoms with E-state index in [4.69, 9.17) is 4.74 Å². The molecule has 1 aliphatic rings. The van der Waals surface area contributed by atoms with Crippen LogP contribution in [0.15, 0.2) is 65.6 Å². The maximum atomic E-state index is 12.8. The zero-order valence-electron chi connectivity index (χ0n) is 16.6. The van der Waals surface area contributed by atoms with Crippen LogP contribution in [-0.2, 0) is 4.79 Å². The summed E-state index contributed by atoms with van der Waals surface area (Å²) < 4.78 is 5.19. The summed E-state index contributed by atoms with van der Waals surface area (Å²) >= 11 is 1.61. The predicted octanol–water partition coefficient (Wildman–Crippen LogP) is 4.03. The highest BCUT2D eigenvalue weighted by molar-refractivity contribution is 8.00. The van der Waals surface area contributed by atoms with Crippen LogP contribution in [-0.4, -0.2) is 60.8 Å². The van der Waals surface area contributed by atoms with Crippen molar-refractivity contribution in [3.63, 3.8) is 0 Å². The number of hydrogen-bond donors (Lipinski definition) is 0. The van der Waals surface area contributed by atoms with E-state index in [9.17, 15) is 4.79 Å². The van der Waals surface area contributed by atoms with Gasteiger partial charge in [0.1, 0.15) is 5.75 Å². The molecule has 0 aromatic heterocycles. The maximum absolute atomic E-state index is 12.8. The Morgan fingerprint density at radius 2 is 1.75 bits per heavy atom. The van der Waals surface area contributed by atoms with Gasteiger partial charge in [-0.15, -0.1) is 11.8 Å². The molecule has 1 saturated heterocycles. The number of benzene rings is 2. The molecule has 3 rings (SSSR count). The Bertz CT molecular complexity index is 769. The van der Waals surface area contributed by atoms with Crippen LogP contribution in [0.25, 0.3) is 6.08 Å².